The van der Waals surface area contributed by atoms with E-state index in [2.05, 4.69) is 43.3 Å². The minimum absolute atomic E-state index is 0.189. The zero-order valence-electron chi connectivity index (χ0n) is 15.3. The van der Waals surface area contributed by atoms with E-state index >= 15 is 0 Å². The van der Waals surface area contributed by atoms with Crippen LogP contribution >= 0.6 is 11.3 Å². The fourth-order valence-corrected chi connectivity index (χ4v) is 3.27. The Balaban J connectivity index is 0.000000671. The Morgan fingerprint density at radius 1 is 0.792 bits per heavy atom. The van der Waals surface area contributed by atoms with Crippen LogP contribution in [0.5, 0.6) is 0 Å². The van der Waals surface area contributed by atoms with Crippen molar-refractivity contribution in [2.24, 2.45) is 0 Å². The van der Waals surface area contributed by atoms with Crippen LogP contribution in [0.15, 0.2) is 60.7 Å². The number of aryl methyl sites for hydroxylation is 1. The molecule has 1 heterocycles. The molecular weight excluding hydrogens is 315 g/mol. The van der Waals surface area contributed by atoms with Crippen LogP contribution in [-0.4, -0.2) is 0 Å². The van der Waals surface area contributed by atoms with Gasteiger partial charge in [-0.05, 0) is 47.9 Å². The molecule has 0 saturated heterocycles. The third kappa shape index (κ3) is 5.61. The molecule has 0 nitrogen and oxygen atoms in total. The van der Waals surface area contributed by atoms with Crippen LogP contribution in [0.2, 0.25) is 0 Å². The van der Waals surface area contributed by atoms with Crippen LogP contribution in [0.3, 0.4) is 0 Å². The molecule has 0 aliphatic rings. The summed E-state index contributed by atoms with van der Waals surface area (Å²) in [5, 5.41) is 0. The second-order valence-electron chi connectivity index (χ2n) is 4.88. The number of rotatable bonds is 3. The molecular formula is C22H27FS. The summed E-state index contributed by atoms with van der Waals surface area (Å²) in [5.41, 5.74) is 3.76. The molecule has 3 aromatic rings. The van der Waals surface area contributed by atoms with Crippen LogP contribution in [0, 0.1) is 12.7 Å². The van der Waals surface area contributed by atoms with Gasteiger partial charge in [0.25, 0.3) is 0 Å². The van der Waals surface area contributed by atoms with E-state index < -0.39 is 0 Å². The molecule has 0 radical (unpaired) electrons. The molecule has 0 unspecified atom stereocenters. The Kier molecular flexibility index (Phi) is 9.03. The van der Waals surface area contributed by atoms with Gasteiger partial charge in [-0.2, -0.15) is 0 Å². The summed E-state index contributed by atoms with van der Waals surface area (Å²) in [5.74, 6) is -0.189. The highest BCUT2D eigenvalue weighted by atomic mass is 32.1. The first kappa shape index (κ1) is 20.1. The van der Waals surface area contributed by atoms with E-state index in [-0.39, 0.29) is 5.82 Å². The molecule has 128 valence electrons. The Hall–Kier alpha value is -1.93. The van der Waals surface area contributed by atoms with Crippen LogP contribution in [0.25, 0.3) is 10.4 Å². The van der Waals surface area contributed by atoms with Gasteiger partial charge in [-0.25, -0.2) is 4.39 Å². The van der Waals surface area contributed by atoms with E-state index in [0.717, 1.165) is 12.0 Å². The van der Waals surface area contributed by atoms with Crippen molar-refractivity contribution in [2.75, 3.05) is 0 Å². The summed E-state index contributed by atoms with van der Waals surface area (Å²) < 4.78 is 12.9. The molecule has 24 heavy (non-hydrogen) atoms. The standard InChI is InChI=1S/C18H15FS.2C2H6/c1-13-4-2-3-5-15(13)12-17-10-11-18(20-17)14-6-8-16(19)9-7-14;2*1-2/h2-11H,12H2,1H3;2*1-2H3. The fourth-order valence-electron chi connectivity index (χ4n) is 2.24. The van der Waals surface area contributed by atoms with Crippen molar-refractivity contribution in [3.63, 3.8) is 0 Å². The summed E-state index contributed by atoms with van der Waals surface area (Å²) in [6.07, 6.45) is 0.957. The van der Waals surface area contributed by atoms with Gasteiger partial charge in [0.15, 0.2) is 0 Å². The molecule has 1 aromatic heterocycles. The van der Waals surface area contributed by atoms with Crippen LogP contribution in [0.4, 0.5) is 4.39 Å². The molecule has 0 aliphatic carbocycles. The number of hydrogen-bond donors (Lipinski definition) is 0. The lowest BCUT2D eigenvalue weighted by molar-refractivity contribution is 0.628. The van der Waals surface area contributed by atoms with Crippen molar-refractivity contribution in [3.05, 3.63) is 82.5 Å². The summed E-state index contributed by atoms with van der Waals surface area (Å²) in [6, 6.07) is 19.4. The molecule has 0 atom stereocenters. The predicted molar refractivity (Wildman–Crippen MR) is 106 cm³/mol. The zero-order chi connectivity index (χ0) is 17.9. The maximum absolute atomic E-state index is 12.9. The maximum atomic E-state index is 12.9. The SMILES string of the molecule is CC.CC.Cc1ccccc1Cc1ccc(-c2ccc(F)cc2)s1. The number of benzene rings is 2. The number of thiophene rings is 1. The molecule has 3 rings (SSSR count). The minimum Gasteiger partial charge on any atom is -0.207 e. The Bertz CT molecular complexity index is 711. The highest BCUT2D eigenvalue weighted by Gasteiger charge is 2.05. The summed E-state index contributed by atoms with van der Waals surface area (Å²) in [7, 11) is 0. The van der Waals surface area contributed by atoms with E-state index in [0.29, 0.717) is 0 Å². The summed E-state index contributed by atoms with van der Waals surface area (Å²) >= 11 is 1.77. The van der Waals surface area contributed by atoms with E-state index in [1.807, 2.05) is 39.8 Å². The quantitative estimate of drug-likeness (QED) is 0.462. The average molecular weight is 343 g/mol. The number of hydrogen-bond acceptors (Lipinski definition) is 1. The first-order valence-electron chi connectivity index (χ1n) is 8.61. The molecule has 2 aromatic carbocycles. The third-order valence-corrected chi connectivity index (χ3v) is 4.55. The van der Waals surface area contributed by atoms with E-state index in [1.165, 1.54) is 33.0 Å². The van der Waals surface area contributed by atoms with Gasteiger partial charge in [0.1, 0.15) is 5.82 Å². The van der Waals surface area contributed by atoms with Crippen molar-refractivity contribution in [1.29, 1.82) is 0 Å². The molecule has 0 fully saturated rings. The Labute approximate surface area is 150 Å². The van der Waals surface area contributed by atoms with E-state index in [4.69, 9.17) is 0 Å². The van der Waals surface area contributed by atoms with Crippen LogP contribution < -0.4 is 0 Å². The summed E-state index contributed by atoms with van der Waals surface area (Å²) in [4.78, 5) is 2.52. The Morgan fingerprint density at radius 2 is 1.42 bits per heavy atom. The molecule has 0 spiro atoms. The van der Waals surface area contributed by atoms with Gasteiger partial charge in [0.2, 0.25) is 0 Å². The van der Waals surface area contributed by atoms with Gasteiger partial charge in [-0.15, -0.1) is 11.3 Å². The molecule has 0 amide bonds. The highest BCUT2D eigenvalue weighted by molar-refractivity contribution is 7.15. The minimum atomic E-state index is -0.189. The zero-order valence-corrected chi connectivity index (χ0v) is 16.1. The van der Waals surface area contributed by atoms with Crippen LogP contribution in [-0.2, 0) is 6.42 Å². The van der Waals surface area contributed by atoms with Crippen molar-refractivity contribution in [1.82, 2.24) is 0 Å². The summed E-state index contributed by atoms with van der Waals surface area (Å²) in [6.45, 7) is 10.1. The molecule has 0 bridgehead atoms. The largest absolute Gasteiger partial charge is 0.207 e. The predicted octanol–water partition coefficient (Wildman–Crippen LogP) is 7.51. The normalized spacial score (nSPS) is 9.42. The second kappa shape index (κ2) is 10.8. The van der Waals surface area contributed by atoms with Crippen molar-refractivity contribution in [2.45, 2.75) is 41.0 Å². The Morgan fingerprint density at radius 3 is 2.04 bits per heavy atom. The first-order valence-corrected chi connectivity index (χ1v) is 9.43. The van der Waals surface area contributed by atoms with Crippen molar-refractivity contribution < 1.29 is 4.39 Å². The van der Waals surface area contributed by atoms with Gasteiger partial charge < -0.3 is 0 Å². The van der Waals surface area contributed by atoms with Crippen molar-refractivity contribution >= 4 is 11.3 Å². The van der Waals surface area contributed by atoms with Gasteiger partial charge in [-0.3, -0.25) is 0 Å². The monoisotopic (exact) mass is 342 g/mol. The highest BCUT2D eigenvalue weighted by Crippen LogP contribution is 2.29. The molecule has 2 heteroatoms. The lowest BCUT2D eigenvalue weighted by Crippen LogP contribution is -1.87. The molecule has 0 N–H and O–H groups in total. The third-order valence-electron chi connectivity index (χ3n) is 3.42. The molecule has 0 saturated carbocycles. The fraction of sp³-hybridized carbons (Fsp3) is 0.273. The second-order valence-corrected chi connectivity index (χ2v) is 6.04. The topological polar surface area (TPSA) is 0 Å². The van der Waals surface area contributed by atoms with Gasteiger partial charge >= 0.3 is 0 Å². The lowest BCUT2D eigenvalue weighted by atomic mass is 10.1. The van der Waals surface area contributed by atoms with Gasteiger partial charge in [-0.1, -0.05) is 64.1 Å². The van der Waals surface area contributed by atoms with Crippen LogP contribution in [0.1, 0.15) is 43.7 Å². The van der Waals surface area contributed by atoms with Crippen molar-refractivity contribution in [3.8, 4) is 10.4 Å². The first-order chi connectivity index (χ1) is 11.7. The van der Waals surface area contributed by atoms with Gasteiger partial charge in [0, 0.05) is 16.2 Å². The van der Waals surface area contributed by atoms with E-state index in [9.17, 15) is 4.39 Å². The van der Waals surface area contributed by atoms with E-state index in [1.54, 1.807) is 11.3 Å². The average Bonchev–Trinajstić information content (AvgIpc) is 3.10. The molecule has 0 aliphatic heterocycles. The van der Waals surface area contributed by atoms with Gasteiger partial charge in [0.05, 0.1) is 0 Å². The lowest BCUT2D eigenvalue weighted by Gasteiger charge is -2.03. The number of halogens is 1. The smallest absolute Gasteiger partial charge is 0.123 e. The maximum Gasteiger partial charge on any atom is 0.123 e.